The van der Waals surface area contributed by atoms with Gasteiger partial charge in [-0.3, -0.25) is 10.1 Å². The molecule has 1 saturated heterocycles. The first-order valence-corrected chi connectivity index (χ1v) is 10.6. The zero-order valence-corrected chi connectivity index (χ0v) is 17.8. The number of hydrogen-bond donors (Lipinski definition) is 2. The van der Waals surface area contributed by atoms with Crippen molar-refractivity contribution in [3.05, 3.63) is 47.1 Å². The Kier molecular flexibility index (Phi) is 6.83. The quantitative estimate of drug-likeness (QED) is 0.735. The van der Waals surface area contributed by atoms with Crippen LogP contribution in [-0.2, 0) is 4.79 Å². The van der Waals surface area contributed by atoms with E-state index in [4.69, 9.17) is 0 Å². The standard InChI is InChI=1S/C22H35N5O/c1-5-17-14-18(22(28)26-11-8-7-9-12-26)16-24-21(17)27(6-2)19-10-13-25(4)20(15-19)23-3/h10,13-15,20,23-24H,5-9,11-12,16H2,1-4H3. The second-order valence-corrected chi connectivity index (χ2v) is 7.65. The number of dihydropyridines is 1. The van der Waals surface area contributed by atoms with Gasteiger partial charge in [-0.2, -0.15) is 0 Å². The average Bonchev–Trinajstić information content (AvgIpc) is 2.75. The van der Waals surface area contributed by atoms with Crippen LogP contribution in [0, 0.1) is 0 Å². The number of likely N-dealkylation sites (tertiary alicyclic amines) is 1. The molecule has 3 heterocycles. The molecule has 1 unspecified atom stereocenters. The van der Waals surface area contributed by atoms with Gasteiger partial charge in [-0.25, -0.2) is 0 Å². The van der Waals surface area contributed by atoms with Crippen molar-refractivity contribution in [2.24, 2.45) is 0 Å². The van der Waals surface area contributed by atoms with Gasteiger partial charge >= 0.3 is 0 Å². The Morgan fingerprint density at radius 3 is 2.68 bits per heavy atom. The average molecular weight is 386 g/mol. The maximum Gasteiger partial charge on any atom is 0.251 e. The molecule has 6 heteroatoms. The molecule has 3 rings (SSSR count). The van der Waals surface area contributed by atoms with E-state index in [1.165, 1.54) is 17.7 Å². The van der Waals surface area contributed by atoms with Crippen LogP contribution in [0.2, 0.25) is 0 Å². The third-order valence-electron chi connectivity index (χ3n) is 5.84. The second kappa shape index (κ2) is 9.32. The normalized spacial score (nSPS) is 22.6. The molecule has 28 heavy (non-hydrogen) atoms. The third-order valence-corrected chi connectivity index (χ3v) is 5.84. The van der Waals surface area contributed by atoms with Crippen LogP contribution in [0.25, 0.3) is 0 Å². The van der Waals surface area contributed by atoms with Crippen LogP contribution in [0.5, 0.6) is 0 Å². The van der Waals surface area contributed by atoms with Gasteiger partial charge in [0, 0.05) is 50.7 Å². The van der Waals surface area contributed by atoms with Crippen LogP contribution in [-0.4, -0.2) is 67.0 Å². The van der Waals surface area contributed by atoms with Gasteiger partial charge in [0.05, 0.1) is 6.17 Å². The Hall–Kier alpha value is -2.21. The fourth-order valence-electron chi connectivity index (χ4n) is 4.16. The smallest absolute Gasteiger partial charge is 0.251 e. The summed E-state index contributed by atoms with van der Waals surface area (Å²) in [4.78, 5) is 19.4. The number of carbonyl (C=O) groups is 1. The van der Waals surface area contributed by atoms with Gasteiger partial charge in [-0.1, -0.05) is 6.92 Å². The second-order valence-electron chi connectivity index (χ2n) is 7.65. The van der Waals surface area contributed by atoms with Crippen molar-refractivity contribution in [1.82, 2.24) is 25.3 Å². The fourth-order valence-corrected chi connectivity index (χ4v) is 4.16. The topological polar surface area (TPSA) is 50.9 Å². The lowest BCUT2D eigenvalue weighted by Crippen LogP contribution is -2.43. The first kappa shape index (κ1) is 20.5. The fraction of sp³-hybridized carbons (Fsp3) is 0.591. The van der Waals surface area contributed by atoms with E-state index < -0.39 is 0 Å². The number of nitrogens with one attached hydrogen (secondary N) is 2. The van der Waals surface area contributed by atoms with E-state index >= 15 is 0 Å². The van der Waals surface area contributed by atoms with Crippen molar-refractivity contribution in [3.63, 3.8) is 0 Å². The lowest BCUT2D eigenvalue weighted by Gasteiger charge is -2.36. The Morgan fingerprint density at radius 1 is 1.29 bits per heavy atom. The molecule has 0 aromatic heterocycles. The van der Waals surface area contributed by atoms with Gasteiger partial charge in [-0.15, -0.1) is 0 Å². The van der Waals surface area contributed by atoms with Crippen LogP contribution in [0.3, 0.4) is 0 Å². The molecular formula is C22H35N5O. The maximum absolute atomic E-state index is 12.9. The first-order valence-electron chi connectivity index (χ1n) is 10.6. The Morgan fingerprint density at radius 2 is 2.04 bits per heavy atom. The van der Waals surface area contributed by atoms with Crippen molar-refractivity contribution in [2.75, 3.05) is 40.3 Å². The number of allylic oxidation sites excluding steroid dienone is 3. The molecule has 2 N–H and O–H groups in total. The van der Waals surface area contributed by atoms with Gasteiger partial charge in [0.15, 0.2) is 0 Å². The molecule has 1 amide bonds. The van der Waals surface area contributed by atoms with E-state index in [0.29, 0.717) is 6.54 Å². The monoisotopic (exact) mass is 385 g/mol. The Balaban J connectivity index is 1.85. The first-order chi connectivity index (χ1) is 13.6. The highest BCUT2D eigenvalue weighted by molar-refractivity contribution is 5.94. The van der Waals surface area contributed by atoms with E-state index in [2.05, 4.69) is 65.8 Å². The SMILES string of the molecule is CCC1=C(N(CC)C2=CC(NC)N(C)C=C2)NCC(C(=O)N2CCCCC2)=C1. The molecule has 1 atom stereocenters. The molecule has 0 radical (unpaired) electrons. The van der Waals surface area contributed by atoms with Crippen molar-refractivity contribution in [3.8, 4) is 0 Å². The summed E-state index contributed by atoms with van der Waals surface area (Å²) in [7, 11) is 4.04. The summed E-state index contributed by atoms with van der Waals surface area (Å²) in [6, 6.07) is 0. The predicted molar refractivity (Wildman–Crippen MR) is 114 cm³/mol. The molecule has 0 aromatic carbocycles. The number of likely N-dealkylation sites (N-methyl/N-ethyl adjacent to an activating group) is 3. The lowest BCUT2D eigenvalue weighted by atomic mass is 10.0. The van der Waals surface area contributed by atoms with Crippen molar-refractivity contribution >= 4 is 5.91 Å². The molecule has 3 aliphatic rings. The van der Waals surface area contributed by atoms with Crippen molar-refractivity contribution in [1.29, 1.82) is 0 Å². The highest BCUT2D eigenvalue weighted by Gasteiger charge is 2.26. The molecular weight excluding hydrogens is 350 g/mol. The lowest BCUT2D eigenvalue weighted by molar-refractivity contribution is -0.128. The minimum Gasteiger partial charge on any atom is -0.367 e. The summed E-state index contributed by atoms with van der Waals surface area (Å²) in [5.74, 6) is 1.32. The summed E-state index contributed by atoms with van der Waals surface area (Å²) in [5, 5.41) is 6.89. The summed E-state index contributed by atoms with van der Waals surface area (Å²) in [5.41, 5.74) is 3.26. The van der Waals surface area contributed by atoms with Crippen molar-refractivity contribution < 1.29 is 4.79 Å². The maximum atomic E-state index is 12.9. The van der Waals surface area contributed by atoms with E-state index in [1.807, 2.05) is 11.9 Å². The number of amides is 1. The highest BCUT2D eigenvalue weighted by atomic mass is 16.2. The Bertz CT molecular complexity index is 700. The van der Waals surface area contributed by atoms with Crippen LogP contribution in [0.1, 0.15) is 39.5 Å². The zero-order valence-electron chi connectivity index (χ0n) is 17.8. The summed E-state index contributed by atoms with van der Waals surface area (Å²) in [6.45, 7) is 7.58. The van der Waals surface area contributed by atoms with Crippen LogP contribution in [0.15, 0.2) is 47.1 Å². The van der Waals surface area contributed by atoms with E-state index in [-0.39, 0.29) is 12.1 Å². The molecule has 3 aliphatic heterocycles. The highest BCUT2D eigenvalue weighted by Crippen LogP contribution is 2.26. The minimum atomic E-state index is 0.176. The number of rotatable bonds is 6. The Labute approximate surface area is 169 Å². The number of hydrogen-bond acceptors (Lipinski definition) is 5. The molecule has 6 nitrogen and oxygen atoms in total. The summed E-state index contributed by atoms with van der Waals surface area (Å²) in [6.07, 6.45) is 13.2. The zero-order chi connectivity index (χ0) is 20.1. The molecule has 0 saturated carbocycles. The molecule has 0 spiro atoms. The minimum absolute atomic E-state index is 0.176. The van der Waals surface area contributed by atoms with Crippen LogP contribution < -0.4 is 10.6 Å². The molecule has 154 valence electrons. The largest absolute Gasteiger partial charge is 0.367 e. The van der Waals surface area contributed by atoms with Gasteiger partial charge in [0.1, 0.15) is 5.82 Å². The van der Waals surface area contributed by atoms with Gasteiger partial charge in [-0.05, 0) is 63.5 Å². The van der Waals surface area contributed by atoms with Crippen LogP contribution >= 0.6 is 0 Å². The number of piperidine rings is 1. The predicted octanol–water partition coefficient (Wildman–Crippen LogP) is 2.36. The molecule has 0 aliphatic carbocycles. The van der Waals surface area contributed by atoms with E-state index in [9.17, 15) is 4.79 Å². The van der Waals surface area contributed by atoms with E-state index in [1.54, 1.807) is 0 Å². The van der Waals surface area contributed by atoms with E-state index in [0.717, 1.165) is 50.3 Å². The molecule has 1 fully saturated rings. The van der Waals surface area contributed by atoms with Gasteiger partial charge in [0.25, 0.3) is 5.91 Å². The number of carbonyl (C=O) groups excluding carboxylic acids is 1. The summed E-state index contributed by atoms with van der Waals surface area (Å²) < 4.78 is 0. The molecule has 0 bridgehead atoms. The third kappa shape index (κ3) is 4.27. The van der Waals surface area contributed by atoms with Crippen molar-refractivity contribution in [2.45, 2.75) is 45.7 Å². The van der Waals surface area contributed by atoms with Gasteiger partial charge < -0.3 is 20.0 Å². The molecule has 0 aromatic rings. The van der Waals surface area contributed by atoms with Gasteiger partial charge in [0.2, 0.25) is 0 Å². The number of nitrogens with zero attached hydrogens (tertiary/aromatic N) is 3. The van der Waals surface area contributed by atoms with Crippen LogP contribution in [0.4, 0.5) is 0 Å². The summed E-state index contributed by atoms with van der Waals surface area (Å²) >= 11 is 0.